The molecule has 0 radical (unpaired) electrons. The van der Waals surface area contributed by atoms with Crippen molar-refractivity contribution in [2.75, 3.05) is 26.2 Å². The fraction of sp³-hybridized carbons (Fsp3) is 0.667. The summed E-state index contributed by atoms with van der Waals surface area (Å²) in [6.07, 6.45) is -4.92. The van der Waals surface area contributed by atoms with Crippen LogP contribution in [-0.4, -0.2) is 37.3 Å². The molecule has 9 heteroatoms. The maximum Gasteiger partial charge on any atom is 0.390 e. The Labute approximate surface area is 147 Å². The van der Waals surface area contributed by atoms with Gasteiger partial charge < -0.3 is 5.32 Å². The van der Waals surface area contributed by atoms with E-state index < -0.39 is 18.6 Å². The van der Waals surface area contributed by atoms with E-state index in [4.69, 9.17) is 0 Å². The molecular weight excluding hydrogens is 412 g/mol. The summed E-state index contributed by atoms with van der Waals surface area (Å²) in [6.45, 7) is 4.73. The van der Waals surface area contributed by atoms with E-state index in [0.29, 0.717) is 13.1 Å². The number of hydrogen-bond acceptors (Lipinski definition) is 3. The Morgan fingerprint density at radius 1 is 1.33 bits per heavy atom. The predicted octanol–water partition coefficient (Wildman–Crippen LogP) is 4.56. The molecule has 1 aliphatic heterocycles. The highest BCUT2D eigenvalue weighted by atomic mass is 79.9. The number of piperazine rings is 1. The van der Waals surface area contributed by atoms with Gasteiger partial charge in [-0.15, -0.1) is 36.2 Å². The van der Waals surface area contributed by atoms with Crippen molar-refractivity contribution in [3.63, 3.8) is 0 Å². The SMILES string of the molecule is Cc1cc([C@H](CC(F)(F)F)N2CCNCC2)sc1Br.Cl.Cl. The zero-order valence-electron chi connectivity index (χ0n) is 11.4. The minimum Gasteiger partial charge on any atom is -0.314 e. The van der Waals surface area contributed by atoms with Crippen LogP contribution in [0.1, 0.15) is 22.9 Å². The number of nitrogens with one attached hydrogen (secondary N) is 1. The van der Waals surface area contributed by atoms with Gasteiger partial charge in [0.15, 0.2) is 0 Å². The predicted molar refractivity (Wildman–Crippen MR) is 89.1 cm³/mol. The number of rotatable bonds is 3. The van der Waals surface area contributed by atoms with Gasteiger partial charge in [0.25, 0.3) is 0 Å². The number of nitrogens with zero attached hydrogens (tertiary/aromatic N) is 1. The van der Waals surface area contributed by atoms with Crippen molar-refractivity contribution in [3.05, 3.63) is 20.3 Å². The van der Waals surface area contributed by atoms with Crippen LogP contribution in [0.3, 0.4) is 0 Å². The highest BCUT2D eigenvalue weighted by Crippen LogP contribution is 2.39. The van der Waals surface area contributed by atoms with Crippen molar-refractivity contribution in [3.8, 4) is 0 Å². The molecule has 1 aromatic heterocycles. The van der Waals surface area contributed by atoms with Gasteiger partial charge in [-0.05, 0) is 34.5 Å². The lowest BCUT2D eigenvalue weighted by atomic mass is 10.1. The molecule has 124 valence electrons. The van der Waals surface area contributed by atoms with Crippen LogP contribution in [-0.2, 0) is 0 Å². The summed E-state index contributed by atoms with van der Waals surface area (Å²) in [4.78, 5) is 2.73. The Bertz CT molecular complexity index is 417. The minimum absolute atomic E-state index is 0. The molecule has 21 heavy (non-hydrogen) atoms. The largest absolute Gasteiger partial charge is 0.390 e. The summed E-state index contributed by atoms with van der Waals surface area (Å²) in [5, 5.41) is 3.17. The third kappa shape index (κ3) is 6.23. The van der Waals surface area contributed by atoms with Crippen molar-refractivity contribution >= 4 is 52.1 Å². The minimum atomic E-state index is -4.14. The van der Waals surface area contributed by atoms with Crippen molar-refractivity contribution < 1.29 is 13.2 Å². The van der Waals surface area contributed by atoms with Gasteiger partial charge in [-0.25, -0.2) is 0 Å². The molecule has 2 rings (SSSR count). The summed E-state index contributed by atoms with van der Waals surface area (Å²) in [5.74, 6) is 0. The van der Waals surface area contributed by atoms with Crippen LogP contribution < -0.4 is 5.32 Å². The number of halogens is 6. The van der Waals surface area contributed by atoms with Crippen LogP contribution in [0.5, 0.6) is 0 Å². The van der Waals surface area contributed by atoms with E-state index in [1.165, 1.54) is 11.3 Å². The molecule has 1 saturated heterocycles. The standard InChI is InChI=1S/C12H16BrF3N2S.2ClH/c1-8-6-10(19-11(8)13)9(7-12(14,15)16)18-4-2-17-3-5-18;;/h6,9,17H,2-5,7H2,1H3;2*1H/t9-;;/m0../s1. The Morgan fingerprint density at radius 3 is 2.33 bits per heavy atom. The van der Waals surface area contributed by atoms with Crippen molar-refractivity contribution in [1.82, 2.24) is 10.2 Å². The summed E-state index contributed by atoms with van der Waals surface area (Å²) < 4.78 is 39.3. The molecule has 0 unspecified atom stereocenters. The van der Waals surface area contributed by atoms with Crippen LogP contribution in [0.15, 0.2) is 9.85 Å². The normalized spacial score (nSPS) is 17.8. The Kier molecular flexibility index (Phi) is 9.13. The van der Waals surface area contributed by atoms with Gasteiger partial charge in [0.05, 0.1) is 16.2 Å². The van der Waals surface area contributed by atoms with Gasteiger partial charge in [0, 0.05) is 31.1 Å². The first kappa shape index (κ1) is 21.5. The van der Waals surface area contributed by atoms with Gasteiger partial charge in [0.1, 0.15) is 0 Å². The highest BCUT2D eigenvalue weighted by molar-refractivity contribution is 9.11. The first-order valence-corrected chi connectivity index (χ1v) is 7.75. The summed E-state index contributed by atoms with van der Waals surface area (Å²) in [6, 6.07) is 1.31. The lowest BCUT2D eigenvalue weighted by Crippen LogP contribution is -2.45. The molecule has 1 aromatic rings. The van der Waals surface area contributed by atoms with E-state index in [1.54, 1.807) is 0 Å². The summed E-state index contributed by atoms with van der Waals surface area (Å²) in [7, 11) is 0. The Balaban J connectivity index is 0.00000200. The number of hydrogen-bond donors (Lipinski definition) is 1. The van der Waals surface area contributed by atoms with Gasteiger partial charge in [0.2, 0.25) is 0 Å². The molecule has 1 atom stereocenters. The van der Waals surface area contributed by atoms with Gasteiger partial charge in [-0.2, -0.15) is 13.2 Å². The molecule has 0 spiro atoms. The van der Waals surface area contributed by atoms with Gasteiger partial charge >= 0.3 is 6.18 Å². The summed E-state index contributed by atoms with van der Waals surface area (Å²) >= 11 is 4.81. The number of thiophene rings is 1. The second-order valence-corrected chi connectivity index (χ2v) is 7.13. The molecule has 1 aliphatic rings. The smallest absolute Gasteiger partial charge is 0.314 e. The fourth-order valence-corrected chi connectivity index (χ4v) is 3.98. The molecule has 0 aromatic carbocycles. The second-order valence-electron chi connectivity index (χ2n) is 4.73. The molecular formula is C12H18BrCl2F3N2S. The molecule has 2 heterocycles. The van der Waals surface area contributed by atoms with Crippen LogP contribution in [0, 0.1) is 6.92 Å². The maximum atomic E-state index is 12.8. The molecule has 0 bridgehead atoms. The van der Waals surface area contributed by atoms with Crippen LogP contribution in [0.2, 0.25) is 0 Å². The molecule has 2 nitrogen and oxygen atoms in total. The average molecular weight is 430 g/mol. The van der Waals surface area contributed by atoms with Crippen molar-refractivity contribution in [2.24, 2.45) is 0 Å². The second kappa shape index (κ2) is 8.93. The topological polar surface area (TPSA) is 15.3 Å². The summed E-state index contributed by atoms with van der Waals surface area (Å²) in [5.41, 5.74) is 1.00. The Hall–Kier alpha value is 0.470. The molecule has 0 aliphatic carbocycles. The highest BCUT2D eigenvalue weighted by Gasteiger charge is 2.36. The van der Waals surface area contributed by atoms with Gasteiger partial charge in [-0.1, -0.05) is 0 Å². The van der Waals surface area contributed by atoms with E-state index in [2.05, 4.69) is 21.2 Å². The molecule has 1 N–H and O–H groups in total. The van der Waals surface area contributed by atoms with E-state index >= 15 is 0 Å². The fourth-order valence-electron chi connectivity index (χ4n) is 2.27. The van der Waals surface area contributed by atoms with E-state index in [-0.39, 0.29) is 24.8 Å². The first-order chi connectivity index (χ1) is 8.87. The quantitative estimate of drug-likeness (QED) is 0.757. The average Bonchev–Trinajstić information content (AvgIpc) is 2.66. The van der Waals surface area contributed by atoms with Crippen LogP contribution >= 0.6 is 52.1 Å². The molecule has 0 amide bonds. The van der Waals surface area contributed by atoms with Crippen LogP contribution in [0.25, 0.3) is 0 Å². The third-order valence-electron chi connectivity index (χ3n) is 3.22. The van der Waals surface area contributed by atoms with Crippen LogP contribution in [0.4, 0.5) is 13.2 Å². The van der Waals surface area contributed by atoms with E-state index in [0.717, 1.165) is 27.3 Å². The maximum absolute atomic E-state index is 12.8. The zero-order chi connectivity index (χ0) is 14.0. The zero-order valence-corrected chi connectivity index (χ0v) is 15.4. The number of alkyl halides is 3. The van der Waals surface area contributed by atoms with Gasteiger partial charge in [-0.3, -0.25) is 4.90 Å². The van der Waals surface area contributed by atoms with E-state index in [1.807, 2.05) is 17.9 Å². The van der Waals surface area contributed by atoms with E-state index in [9.17, 15) is 13.2 Å². The number of aryl methyl sites for hydroxylation is 1. The lowest BCUT2D eigenvalue weighted by molar-refractivity contribution is -0.148. The molecule has 0 saturated carbocycles. The monoisotopic (exact) mass is 428 g/mol. The Morgan fingerprint density at radius 2 is 1.90 bits per heavy atom. The van der Waals surface area contributed by atoms with Crippen molar-refractivity contribution in [2.45, 2.75) is 25.6 Å². The first-order valence-electron chi connectivity index (χ1n) is 6.14. The molecule has 1 fully saturated rings. The lowest BCUT2D eigenvalue weighted by Gasteiger charge is -2.34. The van der Waals surface area contributed by atoms with Crippen molar-refractivity contribution in [1.29, 1.82) is 0 Å². The third-order valence-corrected chi connectivity index (χ3v) is 5.46.